The lowest BCUT2D eigenvalue weighted by Gasteiger charge is -2.12. The maximum Gasteiger partial charge on any atom is 0.137 e. The van der Waals surface area contributed by atoms with Crippen LogP contribution in [0.1, 0.15) is 13.4 Å². The Morgan fingerprint density at radius 2 is 0.886 bits per heavy atom. The zero-order chi connectivity index (χ0) is 29.6. The maximum absolute atomic E-state index is 5.28. The van der Waals surface area contributed by atoms with Crippen molar-refractivity contribution in [2.45, 2.75) is 2.06 Å². The van der Waals surface area contributed by atoms with Gasteiger partial charge in [0.05, 0.1) is 22.4 Å². The molecule has 4 nitrogen and oxygen atoms in total. The van der Waals surface area contributed by atoms with Crippen LogP contribution in [-0.4, -0.2) is 19.5 Å². The molecule has 8 bridgehead atoms. The lowest BCUT2D eigenvalue weighted by Crippen LogP contribution is -1.97. The van der Waals surface area contributed by atoms with E-state index < -0.39 is 0 Å². The van der Waals surface area contributed by atoms with E-state index in [4.69, 9.17) is 4.98 Å². The lowest BCUT2D eigenvalue weighted by molar-refractivity contribution is 1.01. The molecular formula is C38H26I2N4. The first kappa shape index (κ1) is 27.4. The van der Waals surface area contributed by atoms with Gasteiger partial charge in [0.2, 0.25) is 0 Å². The third kappa shape index (κ3) is 4.77. The van der Waals surface area contributed by atoms with Crippen LogP contribution in [0.25, 0.3) is 78.6 Å². The summed E-state index contributed by atoms with van der Waals surface area (Å²) in [5.41, 5.74) is 15.1. The Kier molecular flexibility index (Phi) is 7.10. The van der Waals surface area contributed by atoms with Gasteiger partial charge in [-0.2, -0.15) is 0 Å². The van der Waals surface area contributed by atoms with Gasteiger partial charge in [-0.05, 0) is 110 Å². The first-order valence-corrected chi connectivity index (χ1v) is 17.0. The van der Waals surface area contributed by atoms with E-state index in [0.717, 1.165) is 77.9 Å². The van der Waals surface area contributed by atoms with Crippen molar-refractivity contribution in [2.75, 3.05) is 0 Å². The monoisotopic (exact) mass is 792 g/mol. The van der Waals surface area contributed by atoms with Gasteiger partial charge < -0.3 is 14.5 Å². The number of halogens is 2. The second kappa shape index (κ2) is 11.4. The Balaban J connectivity index is 1.62. The summed E-state index contributed by atoms with van der Waals surface area (Å²) in [5, 5.41) is 0. The summed E-state index contributed by atoms with van der Waals surface area (Å²) < 4.78 is 2.55. The van der Waals surface area contributed by atoms with Crippen molar-refractivity contribution in [1.82, 2.24) is 19.5 Å². The minimum atomic E-state index is 0.156. The molecule has 0 spiro atoms. The zero-order valence-electron chi connectivity index (χ0n) is 23.5. The molecule has 0 amide bonds. The van der Waals surface area contributed by atoms with Crippen LogP contribution < -0.4 is 0 Å². The van der Waals surface area contributed by atoms with Crippen LogP contribution in [-0.2, 0) is 0 Å². The summed E-state index contributed by atoms with van der Waals surface area (Å²) in [6, 6.07) is 45.0. The van der Waals surface area contributed by atoms with Crippen molar-refractivity contribution in [2.24, 2.45) is 0 Å². The van der Waals surface area contributed by atoms with E-state index in [9.17, 15) is 0 Å². The highest BCUT2D eigenvalue weighted by Gasteiger charge is 2.18. The number of fused-ring (bicyclic) bond motifs is 9. The van der Waals surface area contributed by atoms with E-state index in [-0.39, 0.29) is 2.06 Å². The van der Waals surface area contributed by atoms with Crippen molar-refractivity contribution >= 4 is 90.4 Å². The zero-order valence-corrected chi connectivity index (χ0v) is 27.8. The molecule has 8 rings (SSSR count). The van der Waals surface area contributed by atoms with Crippen LogP contribution in [0.4, 0.5) is 0 Å². The van der Waals surface area contributed by atoms with Crippen molar-refractivity contribution < 1.29 is 0 Å². The molecule has 0 atom stereocenters. The summed E-state index contributed by atoms with van der Waals surface area (Å²) in [5.74, 6) is 0. The fourth-order valence-electron chi connectivity index (χ4n) is 6.24. The second-order valence-electron chi connectivity index (χ2n) is 10.8. The van der Waals surface area contributed by atoms with Gasteiger partial charge in [-0.25, -0.2) is 4.98 Å². The molecule has 0 saturated heterocycles. The van der Waals surface area contributed by atoms with Gasteiger partial charge in [-0.3, -0.25) is 0 Å². The van der Waals surface area contributed by atoms with Gasteiger partial charge in [-0.1, -0.05) is 91.0 Å². The molecule has 2 N–H and O–H groups in total. The van der Waals surface area contributed by atoms with Crippen LogP contribution in [0.2, 0.25) is 0 Å². The molecule has 0 aliphatic carbocycles. The minimum Gasteiger partial charge on any atom is -0.354 e. The van der Waals surface area contributed by atoms with Gasteiger partial charge in [-0.15, -0.1) is 0 Å². The second-order valence-corrected chi connectivity index (χ2v) is 15.5. The summed E-state index contributed by atoms with van der Waals surface area (Å²) in [6.45, 7) is 0. The number of alkyl halides is 2. The third-order valence-corrected chi connectivity index (χ3v) is 9.28. The third-order valence-electron chi connectivity index (χ3n) is 8.16. The normalized spacial score (nSPS) is 12.0. The van der Waals surface area contributed by atoms with Crippen molar-refractivity contribution in [1.29, 1.82) is 0 Å². The highest BCUT2D eigenvalue weighted by Crippen LogP contribution is 2.39. The number of rotatable bonds is 4. The minimum absolute atomic E-state index is 0.156. The fraction of sp³-hybridized carbons (Fsp3) is 0.0263. The van der Waals surface area contributed by atoms with Crippen LogP contribution in [0.3, 0.4) is 0 Å². The number of nitrogens with zero attached hydrogens (tertiary/aromatic N) is 2. The van der Waals surface area contributed by atoms with Crippen molar-refractivity contribution in [3.8, 4) is 33.4 Å². The first-order chi connectivity index (χ1) is 21.7. The Morgan fingerprint density at radius 3 is 1.43 bits per heavy atom. The average molecular weight is 792 g/mol. The average Bonchev–Trinajstić information content (AvgIpc) is 3.88. The number of aromatic nitrogens is 4. The smallest absolute Gasteiger partial charge is 0.137 e. The fourth-order valence-corrected chi connectivity index (χ4v) is 7.44. The molecule has 7 aromatic rings. The number of nitrogens with one attached hydrogen (secondary N) is 2. The van der Waals surface area contributed by atoms with Crippen molar-refractivity contribution in [3.05, 3.63) is 139 Å². The van der Waals surface area contributed by atoms with Gasteiger partial charge in [0.15, 0.2) is 0 Å². The number of aromatic amines is 2. The molecule has 212 valence electrons. The molecule has 0 unspecified atom stereocenters. The van der Waals surface area contributed by atoms with Gasteiger partial charge in [0.1, 0.15) is 2.06 Å². The SMILES string of the molecule is IC(I)n1c2ccc1c(-c1ccccc1)c1ccc([nH]1)c(-c1ccccc1)c1ccc([nH]1)c(-c1ccccc1)c1nc2C=C1. The summed E-state index contributed by atoms with van der Waals surface area (Å²) in [7, 11) is 0. The largest absolute Gasteiger partial charge is 0.354 e. The first-order valence-electron chi connectivity index (χ1n) is 14.5. The molecule has 6 heteroatoms. The lowest BCUT2D eigenvalue weighted by atomic mass is 10.0. The van der Waals surface area contributed by atoms with E-state index in [2.05, 4.69) is 199 Å². The molecule has 4 aromatic heterocycles. The Hall–Kier alpha value is -4.15. The quantitative estimate of drug-likeness (QED) is 0.135. The van der Waals surface area contributed by atoms with Crippen LogP contribution in [0.15, 0.2) is 127 Å². The van der Waals surface area contributed by atoms with Crippen LogP contribution >= 0.6 is 45.2 Å². The molecule has 44 heavy (non-hydrogen) atoms. The molecule has 0 radical (unpaired) electrons. The highest BCUT2D eigenvalue weighted by atomic mass is 127. The predicted octanol–water partition coefficient (Wildman–Crippen LogP) is 11.5. The molecule has 5 heterocycles. The molecule has 3 aromatic carbocycles. The number of hydrogen-bond acceptors (Lipinski definition) is 1. The van der Waals surface area contributed by atoms with Crippen LogP contribution in [0, 0.1) is 0 Å². The maximum atomic E-state index is 5.28. The van der Waals surface area contributed by atoms with Crippen molar-refractivity contribution in [3.63, 3.8) is 0 Å². The summed E-state index contributed by atoms with van der Waals surface area (Å²) in [4.78, 5) is 12.9. The highest BCUT2D eigenvalue weighted by molar-refractivity contribution is 14.2. The van der Waals surface area contributed by atoms with Gasteiger partial charge in [0, 0.05) is 38.8 Å². The van der Waals surface area contributed by atoms with Gasteiger partial charge in [0.25, 0.3) is 0 Å². The summed E-state index contributed by atoms with van der Waals surface area (Å²) >= 11 is 5.01. The van der Waals surface area contributed by atoms with Crippen LogP contribution in [0.5, 0.6) is 0 Å². The molecule has 1 aliphatic heterocycles. The number of benzene rings is 3. The molecular weight excluding hydrogens is 766 g/mol. The Morgan fingerprint density at radius 1 is 0.455 bits per heavy atom. The molecule has 0 fully saturated rings. The van der Waals surface area contributed by atoms with E-state index in [1.807, 2.05) is 0 Å². The Labute approximate surface area is 282 Å². The number of hydrogen-bond donors (Lipinski definition) is 2. The summed E-state index contributed by atoms with van der Waals surface area (Å²) in [6.07, 6.45) is 4.30. The van der Waals surface area contributed by atoms with E-state index in [0.29, 0.717) is 0 Å². The van der Waals surface area contributed by atoms with E-state index in [1.165, 1.54) is 0 Å². The molecule has 1 aliphatic rings. The standard InChI is InChI=1S/C38H26I2N4/c39-38(40)44-33-22-23-34(44)37(26-14-8-3-9-15-26)32-21-20-31(43-32)36(25-12-6-2-7-13-25)30-19-18-29(42-30)35(24-10-4-1-5-11-24)28-17-16-27(33)41-28/h1-23,38,42-43H. The Bertz CT molecular complexity index is 2290. The van der Waals surface area contributed by atoms with E-state index in [1.54, 1.807) is 0 Å². The molecule has 0 saturated carbocycles. The predicted molar refractivity (Wildman–Crippen MR) is 202 cm³/mol. The topological polar surface area (TPSA) is 49.4 Å². The number of H-pyrrole nitrogens is 2. The van der Waals surface area contributed by atoms with E-state index >= 15 is 0 Å². The van der Waals surface area contributed by atoms with Gasteiger partial charge >= 0.3 is 0 Å².